The van der Waals surface area contributed by atoms with E-state index < -0.39 is 0 Å². The van der Waals surface area contributed by atoms with Gasteiger partial charge in [-0.05, 0) is 44.7 Å². The molecule has 0 saturated heterocycles. The molecule has 4 rings (SSSR count). The third-order valence-corrected chi connectivity index (χ3v) is 5.70. The topological polar surface area (TPSA) is 73.0 Å². The van der Waals surface area contributed by atoms with Gasteiger partial charge in [0, 0.05) is 17.3 Å². The molecule has 0 bridgehead atoms. The first-order chi connectivity index (χ1) is 12.2. The first kappa shape index (κ1) is 16.1. The fraction of sp³-hybridized carbons (Fsp3) is 0.389. The van der Waals surface area contributed by atoms with Gasteiger partial charge in [-0.15, -0.1) is 11.3 Å². The van der Waals surface area contributed by atoms with Gasteiger partial charge in [0.05, 0.1) is 24.6 Å². The van der Waals surface area contributed by atoms with Gasteiger partial charge >= 0.3 is 0 Å². The molecular weight excluding hydrogens is 336 g/mol. The summed E-state index contributed by atoms with van der Waals surface area (Å²) < 4.78 is 7.55. The highest BCUT2D eigenvalue weighted by Crippen LogP contribution is 2.29. The maximum Gasteiger partial charge on any atom is 0.287 e. The Bertz CT molecular complexity index is 842. The average molecular weight is 356 g/mol. The Morgan fingerprint density at radius 2 is 2.28 bits per heavy atom. The molecule has 0 unspecified atom stereocenters. The van der Waals surface area contributed by atoms with Gasteiger partial charge in [0.2, 0.25) is 0 Å². The number of hydrogen-bond donors (Lipinski definition) is 1. The number of imidazole rings is 1. The molecule has 1 amide bonds. The van der Waals surface area contributed by atoms with E-state index in [1.807, 2.05) is 23.8 Å². The van der Waals surface area contributed by atoms with Gasteiger partial charge in [-0.2, -0.15) is 0 Å². The molecule has 130 valence electrons. The lowest BCUT2D eigenvalue weighted by Crippen LogP contribution is -2.26. The number of hydrogen-bond acceptors (Lipinski definition) is 5. The van der Waals surface area contributed by atoms with Crippen LogP contribution in [-0.2, 0) is 19.4 Å². The summed E-state index contributed by atoms with van der Waals surface area (Å²) in [6, 6.07) is 3.41. The van der Waals surface area contributed by atoms with E-state index in [4.69, 9.17) is 9.40 Å². The standard InChI is InChI=1S/C18H20N4O2S/c1-12(18-21-14-4-2-3-5-16(14)25-18)20-17(23)15-7-6-13(24-15)10-22-9-8-19-11-22/h6-9,11-12H,2-5,10H2,1H3,(H,20,23)/t12-/m0/s1. The number of carbonyl (C=O) groups is 1. The van der Waals surface area contributed by atoms with E-state index in [2.05, 4.69) is 10.3 Å². The van der Waals surface area contributed by atoms with Crippen molar-refractivity contribution in [3.8, 4) is 0 Å². The van der Waals surface area contributed by atoms with Crippen molar-refractivity contribution in [3.05, 3.63) is 58.0 Å². The van der Waals surface area contributed by atoms with Crippen LogP contribution in [0, 0.1) is 0 Å². The first-order valence-corrected chi connectivity index (χ1v) is 9.34. The second-order valence-corrected chi connectivity index (χ2v) is 7.44. The molecule has 6 nitrogen and oxygen atoms in total. The summed E-state index contributed by atoms with van der Waals surface area (Å²) in [5, 5.41) is 3.97. The van der Waals surface area contributed by atoms with Crippen LogP contribution in [0.2, 0.25) is 0 Å². The summed E-state index contributed by atoms with van der Waals surface area (Å²) in [4.78, 5) is 22.5. The molecular formula is C18H20N4O2S. The van der Waals surface area contributed by atoms with Crippen molar-refractivity contribution in [3.63, 3.8) is 0 Å². The van der Waals surface area contributed by atoms with Gasteiger partial charge in [0.1, 0.15) is 10.8 Å². The van der Waals surface area contributed by atoms with E-state index in [9.17, 15) is 4.79 Å². The van der Waals surface area contributed by atoms with E-state index >= 15 is 0 Å². The normalized spacial score (nSPS) is 14.9. The Morgan fingerprint density at radius 3 is 3.08 bits per heavy atom. The average Bonchev–Trinajstić information content (AvgIpc) is 3.35. The van der Waals surface area contributed by atoms with Crippen molar-refractivity contribution in [2.45, 2.75) is 45.2 Å². The van der Waals surface area contributed by atoms with E-state index in [0.717, 1.165) is 23.6 Å². The largest absolute Gasteiger partial charge is 0.454 e. The lowest BCUT2D eigenvalue weighted by Gasteiger charge is -2.09. The summed E-state index contributed by atoms with van der Waals surface area (Å²) in [6.45, 7) is 2.53. The third-order valence-electron chi connectivity index (χ3n) is 4.36. The fourth-order valence-electron chi connectivity index (χ4n) is 3.03. The molecule has 1 atom stereocenters. The lowest BCUT2D eigenvalue weighted by atomic mass is 10.0. The van der Waals surface area contributed by atoms with Crippen molar-refractivity contribution >= 4 is 17.2 Å². The molecule has 0 fully saturated rings. The summed E-state index contributed by atoms with van der Waals surface area (Å²) in [7, 11) is 0. The van der Waals surface area contributed by atoms with Gasteiger partial charge < -0.3 is 14.3 Å². The quantitative estimate of drug-likeness (QED) is 0.761. The van der Waals surface area contributed by atoms with Gasteiger partial charge in [-0.1, -0.05) is 0 Å². The van der Waals surface area contributed by atoms with Crippen molar-refractivity contribution < 1.29 is 9.21 Å². The number of fused-ring (bicyclic) bond motifs is 1. The van der Waals surface area contributed by atoms with Crippen LogP contribution in [0.25, 0.3) is 0 Å². The van der Waals surface area contributed by atoms with Gasteiger partial charge in [-0.3, -0.25) is 4.79 Å². The summed E-state index contributed by atoms with van der Waals surface area (Å²) in [5.74, 6) is 0.835. The molecule has 3 aromatic rings. The number of carbonyl (C=O) groups excluding carboxylic acids is 1. The molecule has 0 aliphatic heterocycles. The minimum atomic E-state index is -0.211. The van der Waals surface area contributed by atoms with Crippen LogP contribution in [0.15, 0.2) is 35.3 Å². The van der Waals surface area contributed by atoms with E-state index in [-0.39, 0.29) is 11.9 Å². The minimum absolute atomic E-state index is 0.120. The summed E-state index contributed by atoms with van der Waals surface area (Å²) >= 11 is 1.72. The van der Waals surface area contributed by atoms with Crippen LogP contribution in [-0.4, -0.2) is 20.4 Å². The van der Waals surface area contributed by atoms with Crippen LogP contribution >= 0.6 is 11.3 Å². The Labute approximate surface area is 149 Å². The van der Waals surface area contributed by atoms with Crippen molar-refractivity contribution in [1.82, 2.24) is 19.9 Å². The molecule has 3 aromatic heterocycles. The smallest absolute Gasteiger partial charge is 0.287 e. The van der Waals surface area contributed by atoms with Crippen LogP contribution < -0.4 is 5.32 Å². The monoisotopic (exact) mass is 356 g/mol. The van der Waals surface area contributed by atoms with Crippen LogP contribution in [0.3, 0.4) is 0 Å². The number of aromatic nitrogens is 3. The number of rotatable bonds is 5. The zero-order valence-corrected chi connectivity index (χ0v) is 14.9. The fourth-order valence-corrected chi connectivity index (χ4v) is 4.19. The molecule has 0 spiro atoms. The second-order valence-electron chi connectivity index (χ2n) is 6.33. The molecule has 3 heterocycles. The van der Waals surface area contributed by atoms with Crippen LogP contribution in [0.1, 0.15) is 57.7 Å². The highest BCUT2D eigenvalue weighted by atomic mass is 32.1. The van der Waals surface area contributed by atoms with Crippen molar-refractivity contribution in [2.24, 2.45) is 0 Å². The van der Waals surface area contributed by atoms with Crippen LogP contribution in [0.4, 0.5) is 0 Å². The van der Waals surface area contributed by atoms with Gasteiger partial charge in [-0.25, -0.2) is 9.97 Å². The number of nitrogens with one attached hydrogen (secondary N) is 1. The predicted molar refractivity (Wildman–Crippen MR) is 94.7 cm³/mol. The molecule has 0 saturated carbocycles. The Hall–Kier alpha value is -2.41. The highest BCUT2D eigenvalue weighted by Gasteiger charge is 2.21. The number of nitrogens with zero attached hydrogens (tertiary/aromatic N) is 3. The SMILES string of the molecule is C[C@H](NC(=O)c1ccc(Cn2ccnc2)o1)c1nc2c(s1)CCCC2. The number of amides is 1. The van der Waals surface area contributed by atoms with Crippen LogP contribution in [0.5, 0.6) is 0 Å². The second kappa shape index (κ2) is 6.84. The van der Waals surface area contributed by atoms with E-state index in [1.54, 1.807) is 29.9 Å². The van der Waals surface area contributed by atoms with Gasteiger partial charge in [0.25, 0.3) is 5.91 Å². The lowest BCUT2D eigenvalue weighted by molar-refractivity contribution is 0.0910. The maximum absolute atomic E-state index is 12.4. The molecule has 1 aliphatic rings. The van der Waals surface area contributed by atoms with Crippen molar-refractivity contribution in [2.75, 3.05) is 0 Å². The number of furan rings is 1. The molecule has 7 heteroatoms. The Kier molecular flexibility index (Phi) is 4.40. The number of thiazole rings is 1. The summed E-state index contributed by atoms with van der Waals surface area (Å²) in [5.41, 5.74) is 1.22. The highest BCUT2D eigenvalue weighted by molar-refractivity contribution is 7.11. The third kappa shape index (κ3) is 3.51. The van der Waals surface area contributed by atoms with Crippen molar-refractivity contribution in [1.29, 1.82) is 0 Å². The zero-order valence-electron chi connectivity index (χ0n) is 14.1. The Morgan fingerprint density at radius 1 is 1.40 bits per heavy atom. The zero-order chi connectivity index (χ0) is 17.2. The van der Waals surface area contributed by atoms with E-state index in [0.29, 0.717) is 12.3 Å². The number of aryl methyl sites for hydroxylation is 2. The molecule has 1 aliphatic carbocycles. The predicted octanol–water partition coefficient (Wildman–Crippen LogP) is 3.35. The maximum atomic E-state index is 12.4. The first-order valence-electron chi connectivity index (χ1n) is 8.53. The molecule has 25 heavy (non-hydrogen) atoms. The minimum Gasteiger partial charge on any atom is -0.454 e. The Balaban J connectivity index is 1.41. The van der Waals surface area contributed by atoms with E-state index in [1.165, 1.54) is 23.4 Å². The summed E-state index contributed by atoms with van der Waals surface area (Å²) in [6.07, 6.45) is 9.91. The molecule has 1 N–H and O–H groups in total. The molecule has 0 aromatic carbocycles. The molecule has 0 radical (unpaired) electrons. The van der Waals surface area contributed by atoms with Gasteiger partial charge in [0.15, 0.2) is 5.76 Å².